The van der Waals surface area contributed by atoms with Crippen LogP contribution in [0.25, 0.3) is 10.2 Å². The molecule has 0 aliphatic heterocycles. The van der Waals surface area contributed by atoms with Crippen LogP contribution in [0.1, 0.15) is 20.8 Å². The van der Waals surface area contributed by atoms with Crippen LogP contribution in [-0.2, 0) is 11.3 Å². The van der Waals surface area contributed by atoms with Gasteiger partial charge < -0.3 is 9.72 Å². The molecule has 2 aromatic heterocycles. The first kappa shape index (κ1) is 13.5. The molecule has 98 valence electrons. The van der Waals surface area contributed by atoms with Crippen LogP contribution < -0.4 is 5.56 Å². The maximum absolute atomic E-state index is 12.3. The predicted octanol–water partition coefficient (Wildman–Crippen LogP) is 2.94. The van der Waals surface area contributed by atoms with Gasteiger partial charge >= 0.3 is 0 Å². The summed E-state index contributed by atoms with van der Waals surface area (Å²) in [5.41, 5.74) is 0.349. The van der Waals surface area contributed by atoms with Crippen LogP contribution in [0.4, 0.5) is 0 Å². The van der Waals surface area contributed by atoms with E-state index >= 15 is 0 Å². The minimum Gasteiger partial charge on any atom is -0.374 e. The van der Waals surface area contributed by atoms with Crippen molar-refractivity contribution in [1.82, 2.24) is 9.55 Å². The Morgan fingerprint density at radius 3 is 2.94 bits per heavy atom. The van der Waals surface area contributed by atoms with E-state index in [9.17, 15) is 4.79 Å². The molecule has 2 aromatic rings. The Bertz CT molecular complexity index is 667. The van der Waals surface area contributed by atoms with Gasteiger partial charge in [0.15, 0.2) is 4.77 Å². The summed E-state index contributed by atoms with van der Waals surface area (Å²) in [5.74, 6) is 0. The quantitative estimate of drug-likeness (QED) is 0.878. The van der Waals surface area contributed by atoms with Gasteiger partial charge in [0.2, 0.25) is 0 Å². The normalized spacial score (nSPS) is 12.2. The smallest absolute Gasteiger partial charge is 0.272 e. The molecule has 0 saturated heterocycles. The number of H-pyrrole nitrogens is 1. The lowest BCUT2D eigenvalue weighted by Gasteiger charge is -2.25. The van der Waals surface area contributed by atoms with Crippen molar-refractivity contribution >= 4 is 33.8 Å². The van der Waals surface area contributed by atoms with Gasteiger partial charge in [-0.05, 0) is 44.4 Å². The van der Waals surface area contributed by atoms with Crippen molar-refractivity contribution < 1.29 is 4.74 Å². The fraction of sp³-hybridized carbons (Fsp3) is 0.500. The molecule has 0 aliphatic rings. The first-order chi connectivity index (χ1) is 8.44. The molecule has 0 saturated carbocycles. The third-order valence-corrected chi connectivity index (χ3v) is 3.89. The highest BCUT2D eigenvalue weighted by molar-refractivity contribution is 7.71. The Kier molecular flexibility index (Phi) is 3.70. The molecule has 2 heterocycles. The molecule has 0 spiro atoms. The summed E-state index contributed by atoms with van der Waals surface area (Å²) in [5, 5.41) is 1.88. The number of nitrogens with zero attached hydrogens (tertiary/aromatic N) is 1. The molecule has 0 unspecified atom stereocenters. The first-order valence-corrected chi connectivity index (χ1v) is 7.07. The first-order valence-electron chi connectivity index (χ1n) is 5.79. The van der Waals surface area contributed by atoms with E-state index in [2.05, 4.69) is 4.98 Å². The molecule has 0 aliphatic carbocycles. The molecule has 1 N–H and O–H groups in total. The molecular formula is C12H16N2O2S2. The number of rotatable bonds is 4. The highest BCUT2D eigenvalue weighted by Crippen LogP contribution is 2.16. The third-order valence-electron chi connectivity index (χ3n) is 2.67. The van der Waals surface area contributed by atoms with Crippen molar-refractivity contribution in [3.8, 4) is 0 Å². The minimum atomic E-state index is -0.412. The average molecular weight is 284 g/mol. The number of thiophene rings is 1. The highest BCUT2D eigenvalue weighted by Gasteiger charge is 2.20. The maximum Gasteiger partial charge on any atom is 0.272 e. The number of aromatic nitrogens is 2. The Balaban J connectivity index is 2.51. The summed E-state index contributed by atoms with van der Waals surface area (Å²) in [6.45, 7) is 6.91. The van der Waals surface area contributed by atoms with E-state index in [1.165, 1.54) is 11.3 Å². The van der Waals surface area contributed by atoms with E-state index in [4.69, 9.17) is 17.0 Å². The number of fused-ring (bicyclic) bond motifs is 1. The lowest BCUT2D eigenvalue weighted by Crippen LogP contribution is -2.36. The second-order valence-electron chi connectivity index (χ2n) is 4.68. The highest BCUT2D eigenvalue weighted by atomic mass is 32.1. The minimum absolute atomic E-state index is 0.0449. The zero-order valence-corrected chi connectivity index (χ0v) is 12.3. The molecule has 4 nitrogen and oxygen atoms in total. The molecule has 0 radical (unpaired) electrons. The fourth-order valence-electron chi connectivity index (χ4n) is 1.93. The lowest BCUT2D eigenvalue weighted by molar-refractivity contribution is -0.0233. The number of nitrogens with one attached hydrogen (secondary N) is 1. The van der Waals surface area contributed by atoms with E-state index in [1.54, 1.807) is 4.57 Å². The molecule has 0 bridgehead atoms. The van der Waals surface area contributed by atoms with Crippen LogP contribution in [0.15, 0.2) is 16.2 Å². The predicted molar refractivity (Wildman–Crippen MR) is 77.0 cm³/mol. The van der Waals surface area contributed by atoms with Crippen molar-refractivity contribution in [2.24, 2.45) is 0 Å². The number of ether oxygens (including phenoxy) is 1. The molecule has 18 heavy (non-hydrogen) atoms. The summed E-state index contributed by atoms with van der Waals surface area (Å²) < 4.78 is 8.34. The van der Waals surface area contributed by atoms with Gasteiger partial charge in [-0.25, -0.2) is 0 Å². The summed E-state index contributed by atoms with van der Waals surface area (Å²) in [7, 11) is 0. The fourth-order valence-corrected chi connectivity index (χ4v) is 2.99. The molecule has 0 atom stereocenters. The van der Waals surface area contributed by atoms with Gasteiger partial charge in [0, 0.05) is 6.61 Å². The van der Waals surface area contributed by atoms with E-state index < -0.39 is 5.60 Å². The summed E-state index contributed by atoms with van der Waals surface area (Å²) in [6, 6.07) is 1.87. The van der Waals surface area contributed by atoms with Gasteiger partial charge in [0.05, 0.1) is 17.7 Å². The van der Waals surface area contributed by atoms with Crippen LogP contribution >= 0.6 is 23.6 Å². The zero-order valence-electron chi connectivity index (χ0n) is 10.6. The number of hydrogen-bond acceptors (Lipinski definition) is 4. The number of aromatic amines is 1. The monoisotopic (exact) mass is 284 g/mol. The standard InChI is InChI=1S/C12H16N2O2S2/c1-4-16-12(2,3)7-14-10(15)9-8(5-6-18-9)13-11(14)17/h5-6H,4,7H2,1-3H3,(H,13,17). The maximum atomic E-state index is 12.3. The summed E-state index contributed by atoms with van der Waals surface area (Å²) in [6.07, 6.45) is 0. The van der Waals surface area contributed by atoms with Gasteiger partial charge in [0.1, 0.15) is 4.70 Å². The zero-order chi connectivity index (χ0) is 13.3. The number of hydrogen-bond donors (Lipinski definition) is 1. The third kappa shape index (κ3) is 2.55. The van der Waals surface area contributed by atoms with Crippen molar-refractivity contribution in [3.05, 3.63) is 26.6 Å². The van der Waals surface area contributed by atoms with Crippen molar-refractivity contribution in [3.63, 3.8) is 0 Å². The van der Waals surface area contributed by atoms with Crippen molar-refractivity contribution in [2.45, 2.75) is 32.9 Å². The second kappa shape index (κ2) is 4.95. The molecular weight excluding hydrogens is 268 g/mol. The van der Waals surface area contributed by atoms with Gasteiger partial charge in [-0.2, -0.15) is 0 Å². The molecule has 0 amide bonds. The molecule has 2 rings (SSSR count). The molecule has 0 fully saturated rings. The van der Waals surface area contributed by atoms with Gasteiger partial charge in [-0.15, -0.1) is 11.3 Å². The van der Waals surface area contributed by atoms with E-state index in [0.717, 1.165) is 5.52 Å². The van der Waals surface area contributed by atoms with Crippen LogP contribution in [-0.4, -0.2) is 21.8 Å². The molecule has 0 aromatic carbocycles. The second-order valence-corrected chi connectivity index (χ2v) is 5.98. The van der Waals surface area contributed by atoms with E-state index in [1.807, 2.05) is 32.2 Å². The Labute approximate surface area is 114 Å². The topological polar surface area (TPSA) is 47.0 Å². The SMILES string of the molecule is CCOC(C)(C)Cn1c(=S)[nH]c2ccsc2c1=O. The van der Waals surface area contributed by atoms with Gasteiger partial charge in [0.25, 0.3) is 5.56 Å². The Morgan fingerprint density at radius 2 is 2.28 bits per heavy atom. The average Bonchev–Trinajstić information content (AvgIpc) is 2.72. The summed E-state index contributed by atoms with van der Waals surface area (Å²) >= 11 is 6.67. The van der Waals surface area contributed by atoms with Crippen LogP contribution in [0.2, 0.25) is 0 Å². The Morgan fingerprint density at radius 1 is 1.56 bits per heavy atom. The van der Waals surface area contributed by atoms with E-state index in [-0.39, 0.29) is 5.56 Å². The van der Waals surface area contributed by atoms with Gasteiger partial charge in [-0.1, -0.05) is 0 Å². The van der Waals surface area contributed by atoms with Crippen molar-refractivity contribution in [2.75, 3.05) is 6.61 Å². The lowest BCUT2D eigenvalue weighted by atomic mass is 10.1. The Hall–Kier alpha value is -0.980. The van der Waals surface area contributed by atoms with Crippen LogP contribution in [0.3, 0.4) is 0 Å². The molecule has 6 heteroatoms. The van der Waals surface area contributed by atoms with E-state index in [0.29, 0.717) is 22.6 Å². The largest absolute Gasteiger partial charge is 0.374 e. The van der Waals surface area contributed by atoms with Gasteiger partial charge in [-0.3, -0.25) is 9.36 Å². The summed E-state index contributed by atoms with van der Waals surface area (Å²) in [4.78, 5) is 15.4. The van der Waals surface area contributed by atoms with Crippen LogP contribution in [0.5, 0.6) is 0 Å². The van der Waals surface area contributed by atoms with Crippen molar-refractivity contribution in [1.29, 1.82) is 0 Å². The van der Waals surface area contributed by atoms with Crippen LogP contribution in [0, 0.1) is 4.77 Å².